The van der Waals surface area contributed by atoms with E-state index in [1.807, 2.05) is 60.1 Å². The number of ether oxygens (including phenoxy) is 1. The fourth-order valence-corrected chi connectivity index (χ4v) is 4.83. The first-order valence-electron chi connectivity index (χ1n) is 11.6. The molecule has 0 spiro atoms. The van der Waals surface area contributed by atoms with E-state index in [1.165, 1.54) is 0 Å². The van der Waals surface area contributed by atoms with Crippen molar-refractivity contribution in [3.8, 4) is 28.3 Å². The van der Waals surface area contributed by atoms with Gasteiger partial charge in [-0.2, -0.15) is 5.10 Å². The zero-order valence-electron chi connectivity index (χ0n) is 21.1. The van der Waals surface area contributed by atoms with Gasteiger partial charge < -0.3 is 9.84 Å². The first-order chi connectivity index (χ1) is 18.7. The van der Waals surface area contributed by atoms with Crippen LogP contribution in [0.1, 0.15) is 28.9 Å². The van der Waals surface area contributed by atoms with Crippen LogP contribution in [0, 0.1) is 0 Å². The summed E-state index contributed by atoms with van der Waals surface area (Å²) in [6.07, 6.45) is 0. The summed E-state index contributed by atoms with van der Waals surface area (Å²) >= 11 is 17.9. The molecule has 5 rings (SSSR count). The van der Waals surface area contributed by atoms with Crippen LogP contribution >= 0.6 is 84.4 Å². The van der Waals surface area contributed by atoms with E-state index in [4.69, 9.17) is 33.0 Å². The van der Waals surface area contributed by atoms with Gasteiger partial charge in [-0.3, -0.25) is 4.68 Å². The second-order valence-corrected chi connectivity index (χ2v) is 25.7. The van der Waals surface area contributed by atoms with E-state index in [-0.39, 0.29) is 35.6 Å². The van der Waals surface area contributed by atoms with E-state index in [0.29, 0.717) is 23.3 Å². The zero-order valence-corrected chi connectivity index (χ0v) is 31.4. The first kappa shape index (κ1) is 33.6. The molecule has 0 saturated carbocycles. The summed E-state index contributed by atoms with van der Waals surface area (Å²) in [6.45, 7) is 2.03. The summed E-state index contributed by atoms with van der Waals surface area (Å²) in [5.41, 5.74) is 4.63. The van der Waals surface area contributed by atoms with E-state index in [1.54, 1.807) is 25.3 Å². The predicted molar refractivity (Wildman–Crippen MR) is 188 cm³/mol. The summed E-state index contributed by atoms with van der Waals surface area (Å²) in [4.78, 5) is 11.3. The standard InChI is InChI=1S/C29H22Cl2N2O3.I3.HI/c1-17(18-3-5-19(6-4-18)29(34)35)33-28(16-27(32-33)23-12-24(30)15-25(31)13-23)22-8-7-21-14-26(36-2)10-9-20(21)11-22;1-3-2;/h3-17H,1-2H3,(H,34,35);;1H/q;-1;/t17-;;/m0../s1. The van der Waals surface area contributed by atoms with Crippen molar-refractivity contribution >= 4 is 101 Å². The van der Waals surface area contributed by atoms with Gasteiger partial charge in [0, 0.05) is 21.2 Å². The van der Waals surface area contributed by atoms with Crippen molar-refractivity contribution in [2.75, 3.05) is 7.11 Å². The molecule has 0 amide bonds. The summed E-state index contributed by atoms with van der Waals surface area (Å²) in [7, 11) is 1.65. The third-order valence-electron chi connectivity index (χ3n) is 6.24. The van der Waals surface area contributed by atoms with Crippen molar-refractivity contribution in [2.45, 2.75) is 13.0 Å². The van der Waals surface area contributed by atoms with Crippen LogP contribution in [0.5, 0.6) is 5.75 Å². The van der Waals surface area contributed by atoms with Crippen LogP contribution in [-0.2, 0) is 0 Å². The normalized spacial score (nSPS) is 11.3. The molecule has 0 radical (unpaired) electrons. The number of methoxy groups -OCH3 is 1. The maximum atomic E-state index is 11.3. The van der Waals surface area contributed by atoms with E-state index in [9.17, 15) is 9.90 Å². The van der Waals surface area contributed by atoms with Crippen molar-refractivity contribution in [1.29, 1.82) is 0 Å². The van der Waals surface area contributed by atoms with Crippen LogP contribution < -0.4 is 18.0 Å². The van der Waals surface area contributed by atoms with E-state index in [0.717, 1.165) is 44.6 Å². The van der Waals surface area contributed by atoms with Crippen LogP contribution in [0.15, 0.2) is 84.9 Å². The molecular weight excluding hydrogens is 1000 g/mol. The van der Waals surface area contributed by atoms with Crippen LogP contribution in [0.4, 0.5) is 0 Å². The van der Waals surface area contributed by atoms with Crippen LogP contribution in [0.25, 0.3) is 33.3 Å². The number of aromatic carboxylic acids is 1. The number of hydrogen-bond donors (Lipinski definition) is 1. The Morgan fingerprint density at radius 1 is 0.900 bits per heavy atom. The molecular formula is C29H23Cl2I4N2O3-. The minimum atomic E-state index is -0.957. The number of rotatable bonds is 6. The number of benzene rings is 4. The average molecular weight is 1030 g/mol. The molecule has 0 fully saturated rings. The Morgan fingerprint density at radius 2 is 1.50 bits per heavy atom. The molecule has 1 N–H and O–H groups in total. The number of aromatic nitrogens is 2. The summed E-state index contributed by atoms with van der Waals surface area (Å²) < 4.78 is 7.31. The molecule has 11 heteroatoms. The van der Waals surface area contributed by atoms with Gasteiger partial charge in [-0.25, -0.2) is 4.79 Å². The van der Waals surface area contributed by atoms with Gasteiger partial charge in [0.1, 0.15) is 5.75 Å². The topological polar surface area (TPSA) is 64.4 Å². The summed E-state index contributed by atoms with van der Waals surface area (Å²) in [5, 5.41) is 17.4. The molecule has 1 aromatic heterocycles. The number of carboxylic acid groups (broad SMARTS) is 1. The average Bonchev–Trinajstić information content (AvgIpc) is 3.38. The SMILES string of the molecule is COc1ccc2cc(-c3cc(-c4cc(Cl)cc(Cl)c4)nn3[C@@H](C)c3ccc(C(=O)O)cc3)ccc2c1.I.I[I-]I. The Balaban J connectivity index is 0.00000106. The molecule has 1 heterocycles. The van der Waals surface area contributed by atoms with Crippen LogP contribution in [0.3, 0.4) is 0 Å². The second-order valence-electron chi connectivity index (χ2n) is 8.60. The first-order valence-corrected chi connectivity index (χ1v) is 24.9. The van der Waals surface area contributed by atoms with Crippen molar-refractivity contribution in [3.05, 3.63) is 106 Å². The molecule has 0 aliphatic rings. The third-order valence-corrected chi connectivity index (χ3v) is 6.68. The Bertz CT molecular complexity index is 1610. The molecule has 0 aliphatic heterocycles. The molecule has 5 aromatic rings. The number of fused-ring (bicyclic) bond motifs is 1. The van der Waals surface area contributed by atoms with Crippen LogP contribution in [-0.4, -0.2) is 28.0 Å². The van der Waals surface area contributed by atoms with E-state index in [2.05, 4.69) is 55.4 Å². The fourth-order valence-electron chi connectivity index (χ4n) is 4.30. The van der Waals surface area contributed by atoms with Gasteiger partial charge in [0.15, 0.2) is 0 Å². The summed E-state index contributed by atoms with van der Waals surface area (Å²) in [6, 6.07) is 26.3. The van der Waals surface area contributed by atoms with Gasteiger partial charge in [0.25, 0.3) is 0 Å². The van der Waals surface area contributed by atoms with Crippen molar-refractivity contribution in [2.24, 2.45) is 0 Å². The monoisotopic (exact) mass is 1020 g/mol. The Labute approximate surface area is 289 Å². The molecule has 0 bridgehead atoms. The van der Waals surface area contributed by atoms with E-state index < -0.39 is 5.97 Å². The van der Waals surface area contributed by atoms with Crippen molar-refractivity contribution < 1.29 is 27.9 Å². The van der Waals surface area contributed by atoms with Gasteiger partial charge in [-0.1, -0.05) is 53.5 Å². The number of nitrogens with zero attached hydrogens (tertiary/aromatic N) is 2. The third kappa shape index (κ3) is 8.14. The minimum absolute atomic E-state index is 0. The number of halogens is 6. The molecule has 5 nitrogen and oxygen atoms in total. The Hall–Kier alpha value is -0.880. The maximum absolute atomic E-state index is 11.3. The van der Waals surface area contributed by atoms with E-state index >= 15 is 0 Å². The van der Waals surface area contributed by atoms with Gasteiger partial charge in [-0.05, 0) is 77.9 Å². The number of hydrogen-bond acceptors (Lipinski definition) is 3. The zero-order chi connectivity index (χ0) is 28.1. The Kier molecular flexibility index (Phi) is 13.1. The number of carbonyl (C=O) groups is 1. The molecule has 210 valence electrons. The van der Waals surface area contributed by atoms with Gasteiger partial charge in [0.2, 0.25) is 0 Å². The van der Waals surface area contributed by atoms with Gasteiger partial charge >= 0.3 is 56.5 Å². The Morgan fingerprint density at radius 3 is 2.10 bits per heavy atom. The van der Waals surface area contributed by atoms with Gasteiger partial charge in [0.05, 0.1) is 30.1 Å². The number of carboxylic acids is 1. The van der Waals surface area contributed by atoms with Crippen molar-refractivity contribution in [1.82, 2.24) is 9.78 Å². The second kappa shape index (κ2) is 15.5. The molecule has 4 aromatic carbocycles. The quantitative estimate of drug-likeness (QED) is 0.181. The molecule has 0 unspecified atom stereocenters. The van der Waals surface area contributed by atoms with Crippen LogP contribution in [0.2, 0.25) is 10.0 Å². The molecule has 0 aliphatic carbocycles. The molecule has 0 saturated heterocycles. The summed E-state index contributed by atoms with van der Waals surface area (Å²) in [5.74, 6) is -0.152. The molecule has 40 heavy (non-hydrogen) atoms. The molecule has 1 atom stereocenters. The van der Waals surface area contributed by atoms with Crippen molar-refractivity contribution in [3.63, 3.8) is 0 Å². The predicted octanol–water partition coefficient (Wildman–Crippen LogP) is 7.39. The fraction of sp³-hybridized carbons (Fsp3) is 0.103. The van der Waals surface area contributed by atoms with Gasteiger partial charge in [-0.15, -0.1) is 24.0 Å².